The molecule has 1 amide bonds. The first kappa shape index (κ1) is 11.4. The summed E-state index contributed by atoms with van der Waals surface area (Å²) in [7, 11) is 1.76. The van der Waals surface area contributed by atoms with Crippen molar-refractivity contribution in [2.75, 3.05) is 12.4 Å². The molecule has 0 fully saturated rings. The highest BCUT2D eigenvalue weighted by Crippen LogP contribution is 2.36. The number of likely N-dealkylation sites (N-methyl/N-ethyl adjacent to an activating group) is 1. The lowest BCUT2D eigenvalue weighted by Crippen LogP contribution is -2.23. The molecule has 92 valence electrons. The molecule has 1 aromatic heterocycles. The molecule has 1 aliphatic heterocycles. The maximum absolute atomic E-state index is 11.7. The Hall–Kier alpha value is -1.73. The van der Waals surface area contributed by atoms with E-state index in [0.29, 0.717) is 0 Å². The SMILES string of the molecule is CNC1C(=O)Nc2cc(-n3cncn3)c(Br)cc21. The first-order valence-electron chi connectivity index (χ1n) is 5.37. The summed E-state index contributed by atoms with van der Waals surface area (Å²) < 4.78 is 2.51. The molecular formula is C11H10BrN5O. The number of aromatic nitrogens is 3. The van der Waals surface area contributed by atoms with Gasteiger partial charge in [0.25, 0.3) is 0 Å². The number of hydrogen-bond donors (Lipinski definition) is 2. The van der Waals surface area contributed by atoms with Crippen LogP contribution in [0.3, 0.4) is 0 Å². The molecule has 1 unspecified atom stereocenters. The van der Waals surface area contributed by atoms with Gasteiger partial charge in [-0.15, -0.1) is 0 Å². The summed E-state index contributed by atoms with van der Waals surface area (Å²) in [5, 5.41) is 9.91. The Morgan fingerprint density at radius 1 is 1.50 bits per heavy atom. The van der Waals surface area contributed by atoms with Crippen molar-refractivity contribution in [3.63, 3.8) is 0 Å². The zero-order valence-electron chi connectivity index (χ0n) is 9.51. The Morgan fingerprint density at radius 3 is 3.00 bits per heavy atom. The third-order valence-electron chi connectivity index (χ3n) is 2.90. The number of hydrogen-bond acceptors (Lipinski definition) is 4. The number of benzene rings is 1. The molecule has 0 saturated carbocycles. The number of nitrogens with one attached hydrogen (secondary N) is 2. The first-order chi connectivity index (χ1) is 8.70. The van der Waals surface area contributed by atoms with Gasteiger partial charge in [0.1, 0.15) is 18.7 Å². The molecule has 6 nitrogen and oxygen atoms in total. The fourth-order valence-corrected chi connectivity index (χ4v) is 2.61. The second-order valence-electron chi connectivity index (χ2n) is 3.94. The standard InChI is InChI=1S/C11H10BrN5O/c1-13-10-6-2-7(12)9(17-5-14-4-15-17)3-8(6)16-11(10)18/h2-5,10,13H,1H3,(H,16,18). The normalized spacial score (nSPS) is 17.7. The van der Waals surface area contributed by atoms with E-state index in [9.17, 15) is 4.79 Å². The minimum atomic E-state index is -0.305. The van der Waals surface area contributed by atoms with Gasteiger partial charge in [-0.1, -0.05) is 0 Å². The van der Waals surface area contributed by atoms with Crippen molar-refractivity contribution in [2.45, 2.75) is 6.04 Å². The van der Waals surface area contributed by atoms with Crippen LogP contribution in [0.1, 0.15) is 11.6 Å². The number of nitrogens with zero attached hydrogens (tertiary/aromatic N) is 3. The molecule has 18 heavy (non-hydrogen) atoms. The van der Waals surface area contributed by atoms with Crippen LogP contribution in [0.15, 0.2) is 29.3 Å². The topological polar surface area (TPSA) is 71.8 Å². The van der Waals surface area contributed by atoms with E-state index in [-0.39, 0.29) is 11.9 Å². The van der Waals surface area contributed by atoms with Crippen LogP contribution in [0.2, 0.25) is 0 Å². The van der Waals surface area contributed by atoms with Gasteiger partial charge in [-0.25, -0.2) is 9.67 Å². The van der Waals surface area contributed by atoms with Crippen molar-refractivity contribution in [3.8, 4) is 5.69 Å². The molecule has 0 radical (unpaired) electrons. The van der Waals surface area contributed by atoms with Crippen LogP contribution in [0.25, 0.3) is 5.69 Å². The average Bonchev–Trinajstić information content (AvgIpc) is 2.94. The summed E-state index contributed by atoms with van der Waals surface area (Å²) in [5.41, 5.74) is 2.56. The molecule has 3 rings (SSSR count). The van der Waals surface area contributed by atoms with Crippen LogP contribution < -0.4 is 10.6 Å². The van der Waals surface area contributed by atoms with E-state index in [1.165, 1.54) is 6.33 Å². The zero-order valence-corrected chi connectivity index (χ0v) is 11.1. The number of carbonyl (C=O) groups is 1. The van der Waals surface area contributed by atoms with Crippen molar-refractivity contribution < 1.29 is 4.79 Å². The summed E-state index contributed by atoms with van der Waals surface area (Å²) >= 11 is 3.49. The van der Waals surface area contributed by atoms with Gasteiger partial charge in [0.15, 0.2) is 0 Å². The van der Waals surface area contributed by atoms with Crippen molar-refractivity contribution in [3.05, 3.63) is 34.8 Å². The van der Waals surface area contributed by atoms with E-state index in [4.69, 9.17) is 0 Å². The Kier molecular flexibility index (Phi) is 2.64. The van der Waals surface area contributed by atoms with Gasteiger partial charge in [-0.05, 0) is 35.1 Å². The molecule has 2 N–H and O–H groups in total. The van der Waals surface area contributed by atoms with E-state index in [0.717, 1.165) is 21.4 Å². The Morgan fingerprint density at radius 2 is 2.33 bits per heavy atom. The summed E-state index contributed by atoms with van der Waals surface area (Å²) in [6.07, 6.45) is 3.08. The van der Waals surface area contributed by atoms with E-state index >= 15 is 0 Å². The van der Waals surface area contributed by atoms with E-state index < -0.39 is 0 Å². The van der Waals surface area contributed by atoms with Gasteiger partial charge < -0.3 is 10.6 Å². The summed E-state index contributed by atoms with van der Waals surface area (Å²) in [6, 6.07) is 3.50. The van der Waals surface area contributed by atoms with E-state index in [1.807, 2.05) is 12.1 Å². The lowest BCUT2D eigenvalue weighted by atomic mass is 10.1. The Bertz CT molecular complexity index is 610. The summed E-state index contributed by atoms with van der Waals surface area (Å²) in [4.78, 5) is 15.7. The first-order valence-corrected chi connectivity index (χ1v) is 6.16. The van der Waals surface area contributed by atoms with Crippen molar-refractivity contribution in [1.82, 2.24) is 20.1 Å². The fraction of sp³-hybridized carbons (Fsp3) is 0.182. The number of halogens is 1. The molecule has 1 aliphatic rings. The number of rotatable bonds is 2. The highest BCUT2D eigenvalue weighted by molar-refractivity contribution is 9.10. The number of carbonyl (C=O) groups excluding carboxylic acids is 1. The van der Waals surface area contributed by atoms with Gasteiger partial charge in [0.2, 0.25) is 5.91 Å². The van der Waals surface area contributed by atoms with Gasteiger partial charge in [0.05, 0.1) is 5.69 Å². The van der Waals surface area contributed by atoms with Crippen LogP contribution in [-0.2, 0) is 4.79 Å². The van der Waals surface area contributed by atoms with Gasteiger partial charge in [-0.2, -0.15) is 5.10 Å². The molecule has 0 spiro atoms. The third kappa shape index (κ3) is 1.63. The van der Waals surface area contributed by atoms with Crippen molar-refractivity contribution in [1.29, 1.82) is 0 Å². The lowest BCUT2D eigenvalue weighted by molar-refractivity contribution is -0.117. The van der Waals surface area contributed by atoms with E-state index in [2.05, 4.69) is 36.6 Å². The monoisotopic (exact) mass is 307 g/mol. The third-order valence-corrected chi connectivity index (χ3v) is 3.54. The van der Waals surface area contributed by atoms with Crippen LogP contribution >= 0.6 is 15.9 Å². The second kappa shape index (κ2) is 4.18. The molecule has 2 heterocycles. The predicted molar refractivity (Wildman–Crippen MR) is 69.5 cm³/mol. The summed E-state index contributed by atoms with van der Waals surface area (Å²) in [6.45, 7) is 0. The Labute approximate surface area is 112 Å². The van der Waals surface area contributed by atoms with Crippen molar-refractivity contribution in [2.24, 2.45) is 0 Å². The fourth-order valence-electron chi connectivity index (χ4n) is 2.07. The highest BCUT2D eigenvalue weighted by atomic mass is 79.9. The van der Waals surface area contributed by atoms with Crippen LogP contribution in [-0.4, -0.2) is 27.7 Å². The minimum Gasteiger partial charge on any atom is -0.324 e. The maximum atomic E-state index is 11.7. The maximum Gasteiger partial charge on any atom is 0.246 e. The van der Waals surface area contributed by atoms with Crippen LogP contribution in [0.4, 0.5) is 5.69 Å². The number of anilines is 1. The molecule has 0 saturated heterocycles. The average molecular weight is 308 g/mol. The molecule has 1 atom stereocenters. The largest absolute Gasteiger partial charge is 0.324 e. The lowest BCUT2D eigenvalue weighted by Gasteiger charge is -2.09. The van der Waals surface area contributed by atoms with Crippen LogP contribution in [0.5, 0.6) is 0 Å². The van der Waals surface area contributed by atoms with Gasteiger partial charge in [0, 0.05) is 15.7 Å². The Balaban J connectivity index is 2.13. The molecule has 2 aromatic rings. The molecule has 1 aromatic carbocycles. The zero-order chi connectivity index (χ0) is 12.7. The van der Waals surface area contributed by atoms with Gasteiger partial charge >= 0.3 is 0 Å². The van der Waals surface area contributed by atoms with Gasteiger partial charge in [-0.3, -0.25) is 4.79 Å². The summed E-state index contributed by atoms with van der Waals surface area (Å²) in [5.74, 6) is -0.0462. The molecule has 7 heteroatoms. The number of amides is 1. The van der Waals surface area contributed by atoms with Crippen molar-refractivity contribution >= 4 is 27.5 Å². The smallest absolute Gasteiger partial charge is 0.246 e. The molecular weight excluding hydrogens is 298 g/mol. The predicted octanol–water partition coefficient (Wildman–Crippen LogP) is 1.24. The number of fused-ring (bicyclic) bond motifs is 1. The minimum absolute atomic E-state index is 0.0462. The second-order valence-corrected chi connectivity index (χ2v) is 4.80. The molecule has 0 aliphatic carbocycles. The molecule has 0 bridgehead atoms. The highest BCUT2D eigenvalue weighted by Gasteiger charge is 2.30. The van der Waals surface area contributed by atoms with Crippen LogP contribution in [0, 0.1) is 0 Å². The quantitative estimate of drug-likeness (QED) is 0.876. The van der Waals surface area contributed by atoms with E-state index in [1.54, 1.807) is 18.1 Å².